The van der Waals surface area contributed by atoms with Crippen molar-refractivity contribution in [3.05, 3.63) is 57.2 Å². The summed E-state index contributed by atoms with van der Waals surface area (Å²) in [5.41, 5.74) is 1.36. The van der Waals surface area contributed by atoms with Crippen molar-refractivity contribution in [2.24, 2.45) is 5.92 Å². The van der Waals surface area contributed by atoms with E-state index in [1.54, 1.807) is 21.3 Å². The van der Waals surface area contributed by atoms with Gasteiger partial charge in [0.1, 0.15) is 5.65 Å². The summed E-state index contributed by atoms with van der Waals surface area (Å²) in [5, 5.41) is 4.49. The molecule has 3 aromatic rings. The van der Waals surface area contributed by atoms with Crippen LogP contribution in [0.25, 0.3) is 5.65 Å². The molecule has 33 heavy (non-hydrogen) atoms. The third-order valence-corrected chi connectivity index (χ3v) is 8.38. The number of rotatable bonds is 6. The lowest BCUT2D eigenvalue weighted by atomic mass is 10.1. The highest BCUT2D eigenvalue weighted by molar-refractivity contribution is 7.91. The summed E-state index contributed by atoms with van der Waals surface area (Å²) in [5.74, 6) is 1.00. The molecular weight excluding hydrogens is 464 g/mol. The van der Waals surface area contributed by atoms with Gasteiger partial charge < -0.3 is 4.42 Å². The summed E-state index contributed by atoms with van der Waals surface area (Å²) < 4.78 is 32.2. The van der Waals surface area contributed by atoms with Gasteiger partial charge in [-0.05, 0) is 36.7 Å². The van der Waals surface area contributed by atoms with E-state index in [0.717, 1.165) is 31.9 Å². The van der Waals surface area contributed by atoms with Gasteiger partial charge in [-0.2, -0.15) is 0 Å². The first-order valence-electron chi connectivity index (χ1n) is 11.0. The average Bonchev–Trinajstić information content (AvgIpc) is 3.30. The highest BCUT2D eigenvalue weighted by Gasteiger charge is 2.29. The number of fused-ring (bicyclic) bond motifs is 1. The minimum Gasteiger partial charge on any atom is -0.414 e. The van der Waals surface area contributed by atoms with E-state index in [1.807, 2.05) is 18.2 Å². The Morgan fingerprint density at radius 1 is 1.15 bits per heavy atom. The lowest BCUT2D eigenvalue weighted by Crippen LogP contribution is -2.46. The van der Waals surface area contributed by atoms with Crippen LogP contribution in [0, 0.1) is 10.8 Å². The molecule has 1 atom stereocenters. The minimum absolute atomic E-state index is 0.0526. The first-order chi connectivity index (χ1) is 15.8. The number of piperazine rings is 1. The van der Waals surface area contributed by atoms with E-state index in [-0.39, 0.29) is 23.0 Å². The fourth-order valence-corrected chi connectivity index (χ4v) is 6.55. The maximum atomic E-state index is 12.3. The highest BCUT2D eigenvalue weighted by atomic mass is 32.2. The van der Waals surface area contributed by atoms with Crippen LogP contribution in [0.15, 0.2) is 39.7 Å². The van der Waals surface area contributed by atoms with Crippen LogP contribution in [0.2, 0.25) is 0 Å². The van der Waals surface area contributed by atoms with Crippen molar-refractivity contribution in [3.63, 3.8) is 0 Å². The van der Waals surface area contributed by atoms with E-state index in [0.29, 0.717) is 42.4 Å². The van der Waals surface area contributed by atoms with Gasteiger partial charge in [0, 0.05) is 51.4 Å². The quantitative estimate of drug-likeness (QED) is 0.467. The molecule has 12 heteroatoms. The Morgan fingerprint density at radius 3 is 2.70 bits per heavy atom. The summed E-state index contributed by atoms with van der Waals surface area (Å²) in [7, 11) is -2.92. The maximum Gasteiger partial charge on any atom is 0.288 e. The number of nitrogens with zero attached hydrogens (tertiary/aromatic N) is 6. The van der Waals surface area contributed by atoms with Crippen LogP contribution in [0.4, 0.5) is 0 Å². The molecule has 0 aromatic carbocycles. The van der Waals surface area contributed by atoms with Crippen LogP contribution in [-0.4, -0.2) is 75.1 Å². The topological polar surface area (TPSA) is 106 Å². The molecule has 1 unspecified atom stereocenters. The minimum atomic E-state index is -2.92. The molecule has 0 spiro atoms. The Hall–Kier alpha value is -2.41. The van der Waals surface area contributed by atoms with Crippen LogP contribution in [0.1, 0.15) is 18.0 Å². The van der Waals surface area contributed by atoms with E-state index >= 15 is 0 Å². The SMILES string of the molecule is O=c1cc(CN2CCN(Cn3nc(CC4CCS(=O)(=O)C4)oc3=S)CC2)nc2ccccn12. The van der Waals surface area contributed by atoms with Gasteiger partial charge in [0.05, 0.1) is 23.9 Å². The molecule has 5 rings (SSSR count). The Labute approximate surface area is 196 Å². The first-order valence-corrected chi connectivity index (χ1v) is 13.3. The Kier molecular flexibility index (Phi) is 6.16. The van der Waals surface area contributed by atoms with E-state index in [1.165, 1.54) is 0 Å². The van der Waals surface area contributed by atoms with Gasteiger partial charge >= 0.3 is 0 Å². The summed E-state index contributed by atoms with van der Waals surface area (Å²) in [6.07, 6.45) is 2.88. The van der Waals surface area contributed by atoms with E-state index in [2.05, 4.69) is 19.9 Å². The molecule has 0 radical (unpaired) electrons. The molecule has 176 valence electrons. The normalized spacial score (nSPS) is 21.6. The zero-order valence-corrected chi connectivity index (χ0v) is 19.8. The van der Waals surface area contributed by atoms with Gasteiger partial charge in [-0.1, -0.05) is 6.07 Å². The van der Waals surface area contributed by atoms with Gasteiger partial charge in [-0.3, -0.25) is 19.0 Å². The van der Waals surface area contributed by atoms with Crippen molar-refractivity contribution in [2.45, 2.75) is 26.1 Å². The summed E-state index contributed by atoms with van der Waals surface area (Å²) >= 11 is 5.33. The van der Waals surface area contributed by atoms with Crippen molar-refractivity contribution in [1.82, 2.24) is 29.0 Å². The lowest BCUT2D eigenvalue weighted by molar-refractivity contribution is 0.0966. The molecular formula is C21H26N6O4S2. The van der Waals surface area contributed by atoms with Crippen LogP contribution >= 0.6 is 12.2 Å². The van der Waals surface area contributed by atoms with E-state index < -0.39 is 9.84 Å². The van der Waals surface area contributed by atoms with Crippen molar-refractivity contribution >= 4 is 27.7 Å². The molecule has 0 N–H and O–H groups in total. The second-order valence-electron chi connectivity index (χ2n) is 8.78. The van der Waals surface area contributed by atoms with Gasteiger partial charge in [-0.25, -0.2) is 18.1 Å². The third kappa shape index (κ3) is 5.24. The molecule has 2 aliphatic rings. The number of pyridine rings is 1. The molecule has 2 saturated heterocycles. The maximum absolute atomic E-state index is 12.3. The smallest absolute Gasteiger partial charge is 0.288 e. The first kappa shape index (κ1) is 22.4. The van der Waals surface area contributed by atoms with E-state index in [9.17, 15) is 13.2 Å². The van der Waals surface area contributed by atoms with Crippen LogP contribution in [0.5, 0.6) is 0 Å². The Bertz CT molecular complexity index is 1370. The van der Waals surface area contributed by atoms with Crippen molar-refractivity contribution in [1.29, 1.82) is 0 Å². The van der Waals surface area contributed by atoms with Crippen molar-refractivity contribution in [2.75, 3.05) is 37.7 Å². The lowest BCUT2D eigenvalue weighted by Gasteiger charge is -2.34. The number of hydrogen-bond acceptors (Lipinski definition) is 9. The molecule has 10 nitrogen and oxygen atoms in total. The highest BCUT2D eigenvalue weighted by Crippen LogP contribution is 2.22. The summed E-state index contributed by atoms with van der Waals surface area (Å²) in [6.45, 7) is 4.51. The van der Waals surface area contributed by atoms with Gasteiger partial charge in [-0.15, -0.1) is 5.10 Å². The zero-order chi connectivity index (χ0) is 23.0. The zero-order valence-electron chi connectivity index (χ0n) is 18.2. The molecule has 5 heterocycles. The van der Waals surface area contributed by atoms with Gasteiger partial charge in [0.2, 0.25) is 5.89 Å². The van der Waals surface area contributed by atoms with Crippen LogP contribution < -0.4 is 5.56 Å². The fraction of sp³-hybridized carbons (Fsp3) is 0.524. The number of aromatic nitrogens is 4. The largest absolute Gasteiger partial charge is 0.414 e. The molecule has 0 aliphatic carbocycles. The molecule has 2 aliphatic heterocycles. The molecule has 0 saturated carbocycles. The average molecular weight is 491 g/mol. The standard InChI is InChI=1S/C21H26N6O4S2/c28-20-12-17(22-18-3-1-2-5-26(18)20)13-24-6-8-25(9-7-24)15-27-21(32)31-19(23-27)11-16-4-10-33(29,30)14-16/h1-3,5,12,16H,4,6-11,13-15H2. The number of hydrogen-bond donors (Lipinski definition) is 0. The predicted molar refractivity (Wildman–Crippen MR) is 124 cm³/mol. The summed E-state index contributed by atoms with van der Waals surface area (Å²) in [6, 6.07) is 7.13. The van der Waals surface area contributed by atoms with E-state index in [4.69, 9.17) is 16.6 Å². The van der Waals surface area contributed by atoms with Crippen LogP contribution in [-0.2, 0) is 29.5 Å². The third-order valence-electron chi connectivity index (χ3n) is 6.25. The van der Waals surface area contributed by atoms with Gasteiger partial charge in [0.25, 0.3) is 10.4 Å². The van der Waals surface area contributed by atoms with Crippen LogP contribution in [0.3, 0.4) is 0 Å². The van der Waals surface area contributed by atoms with Crippen molar-refractivity contribution < 1.29 is 12.8 Å². The second kappa shape index (κ2) is 9.09. The van der Waals surface area contributed by atoms with Gasteiger partial charge in [0.15, 0.2) is 9.84 Å². The molecule has 0 bridgehead atoms. The van der Waals surface area contributed by atoms with Crippen molar-refractivity contribution in [3.8, 4) is 0 Å². The molecule has 0 amide bonds. The predicted octanol–water partition coefficient (Wildman–Crippen LogP) is 0.966. The Morgan fingerprint density at radius 2 is 1.94 bits per heavy atom. The molecule has 3 aromatic heterocycles. The molecule has 2 fully saturated rings. The fourth-order valence-electron chi connectivity index (χ4n) is 4.49. The Balaban J connectivity index is 1.16. The monoisotopic (exact) mass is 490 g/mol. The summed E-state index contributed by atoms with van der Waals surface area (Å²) in [4.78, 5) is 21.8. The number of sulfone groups is 1. The second-order valence-corrected chi connectivity index (χ2v) is 11.4.